The SMILES string of the molecule is NCC1(C(=O)NCC2(O)CCC2)CCCC1. The van der Waals surface area contributed by atoms with Crippen molar-refractivity contribution in [2.75, 3.05) is 13.1 Å². The van der Waals surface area contributed by atoms with E-state index in [1.807, 2.05) is 0 Å². The van der Waals surface area contributed by atoms with E-state index in [2.05, 4.69) is 5.32 Å². The van der Waals surface area contributed by atoms with Gasteiger partial charge < -0.3 is 16.2 Å². The van der Waals surface area contributed by atoms with Gasteiger partial charge in [0, 0.05) is 13.1 Å². The van der Waals surface area contributed by atoms with E-state index in [9.17, 15) is 9.90 Å². The van der Waals surface area contributed by atoms with Gasteiger partial charge in [-0.05, 0) is 32.1 Å². The predicted molar refractivity (Wildman–Crippen MR) is 61.8 cm³/mol. The molecule has 1 amide bonds. The summed E-state index contributed by atoms with van der Waals surface area (Å²) in [5, 5.41) is 12.8. The Morgan fingerprint density at radius 1 is 1.19 bits per heavy atom. The van der Waals surface area contributed by atoms with Gasteiger partial charge in [-0.15, -0.1) is 0 Å². The van der Waals surface area contributed by atoms with Crippen molar-refractivity contribution in [3.05, 3.63) is 0 Å². The third-order valence-electron chi connectivity index (χ3n) is 4.30. The van der Waals surface area contributed by atoms with Crippen LogP contribution in [0.15, 0.2) is 0 Å². The fourth-order valence-corrected chi connectivity index (χ4v) is 2.77. The van der Waals surface area contributed by atoms with E-state index >= 15 is 0 Å². The molecule has 16 heavy (non-hydrogen) atoms. The zero-order valence-electron chi connectivity index (χ0n) is 9.80. The summed E-state index contributed by atoms with van der Waals surface area (Å²) >= 11 is 0. The summed E-state index contributed by atoms with van der Waals surface area (Å²) in [7, 11) is 0. The maximum atomic E-state index is 12.1. The summed E-state index contributed by atoms with van der Waals surface area (Å²) in [6, 6.07) is 0. The van der Waals surface area contributed by atoms with Gasteiger partial charge in [0.05, 0.1) is 11.0 Å². The highest BCUT2D eigenvalue weighted by Gasteiger charge is 2.41. The molecule has 0 aliphatic heterocycles. The fourth-order valence-electron chi connectivity index (χ4n) is 2.77. The fraction of sp³-hybridized carbons (Fsp3) is 0.917. The number of nitrogens with one attached hydrogen (secondary N) is 1. The molecule has 4 nitrogen and oxygen atoms in total. The Balaban J connectivity index is 1.86. The molecule has 2 fully saturated rings. The van der Waals surface area contributed by atoms with Crippen molar-refractivity contribution in [3.63, 3.8) is 0 Å². The molecule has 4 heteroatoms. The first-order valence-electron chi connectivity index (χ1n) is 6.31. The van der Waals surface area contributed by atoms with E-state index in [1.54, 1.807) is 0 Å². The van der Waals surface area contributed by atoms with Crippen molar-refractivity contribution in [3.8, 4) is 0 Å². The summed E-state index contributed by atoms with van der Waals surface area (Å²) in [5.74, 6) is 0.0489. The Kier molecular flexibility index (Phi) is 3.22. The first-order valence-corrected chi connectivity index (χ1v) is 6.31. The summed E-state index contributed by atoms with van der Waals surface area (Å²) in [6.07, 6.45) is 6.66. The maximum absolute atomic E-state index is 12.1. The van der Waals surface area contributed by atoms with Crippen LogP contribution >= 0.6 is 0 Å². The lowest BCUT2D eigenvalue weighted by atomic mass is 9.79. The molecule has 4 N–H and O–H groups in total. The lowest BCUT2D eigenvalue weighted by molar-refractivity contribution is -0.132. The molecule has 92 valence electrons. The van der Waals surface area contributed by atoms with Crippen molar-refractivity contribution < 1.29 is 9.90 Å². The van der Waals surface area contributed by atoms with Crippen LogP contribution in [-0.2, 0) is 4.79 Å². The number of carbonyl (C=O) groups is 1. The lowest BCUT2D eigenvalue weighted by Gasteiger charge is -2.37. The number of hydrogen-bond donors (Lipinski definition) is 3. The van der Waals surface area contributed by atoms with Gasteiger partial charge in [0.1, 0.15) is 0 Å². The number of carbonyl (C=O) groups excluding carboxylic acids is 1. The van der Waals surface area contributed by atoms with E-state index in [0.717, 1.165) is 44.9 Å². The Labute approximate surface area is 96.6 Å². The molecular formula is C12H22N2O2. The van der Waals surface area contributed by atoms with Gasteiger partial charge in [0.2, 0.25) is 5.91 Å². The molecule has 0 unspecified atom stereocenters. The quantitative estimate of drug-likeness (QED) is 0.655. The van der Waals surface area contributed by atoms with Crippen LogP contribution in [0.4, 0.5) is 0 Å². The van der Waals surface area contributed by atoms with Gasteiger partial charge in [-0.2, -0.15) is 0 Å². The molecule has 2 rings (SSSR count). The highest BCUT2D eigenvalue weighted by Crippen LogP contribution is 2.38. The van der Waals surface area contributed by atoms with Crippen molar-refractivity contribution >= 4 is 5.91 Å². The predicted octanol–water partition coefficient (Wildman–Crippen LogP) is 0.537. The minimum atomic E-state index is -0.635. The van der Waals surface area contributed by atoms with E-state index in [0.29, 0.717) is 13.1 Å². The molecule has 0 heterocycles. The van der Waals surface area contributed by atoms with Gasteiger partial charge in [-0.25, -0.2) is 0 Å². The molecule has 0 bridgehead atoms. The smallest absolute Gasteiger partial charge is 0.227 e. The second-order valence-corrected chi connectivity index (χ2v) is 5.45. The number of aliphatic hydroxyl groups is 1. The van der Waals surface area contributed by atoms with Crippen LogP contribution in [-0.4, -0.2) is 29.7 Å². The Morgan fingerprint density at radius 3 is 2.25 bits per heavy atom. The number of amides is 1. The minimum absolute atomic E-state index is 0.0489. The average molecular weight is 226 g/mol. The van der Waals surface area contributed by atoms with Crippen molar-refractivity contribution in [1.29, 1.82) is 0 Å². The van der Waals surface area contributed by atoms with Crippen molar-refractivity contribution in [1.82, 2.24) is 5.32 Å². The van der Waals surface area contributed by atoms with Crippen LogP contribution in [0.5, 0.6) is 0 Å². The maximum Gasteiger partial charge on any atom is 0.227 e. The topological polar surface area (TPSA) is 75.4 Å². The molecule has 0 aromatic rings. The molecular weight excluding hydrogens is 204 g/mol. The van der Waals surface area contributed by atoms with Gasteiger partial charge in [-0.1, -0.05) is 12.8 Å². The van der Waals surface area contributed by atoms with Crippen LogP contribution in [0.2, 0.25) is 0 Å². The zero-order valence-corrected chi connectivity index (χ0v) is 9.80. The zero-order chi connectivity index (χ0) is 11.6. The molecule has 2 aliphatic carbocycles. The number of hydrogen-bond acceptors (Lipinski definition) is 3. The molecule has 2 aliphatic rings. The second-order valence-electron chi connectivity index (χ2n) is 5.45. The van der Waals surface area contributed by atoms with Crippen LogP contribution < -0.4 is 11.1 Å². The van der Waals surface area contributed by atoms with E-state index < -0.39 is 5.60 Å². The van der Waals surface area contributed by atoms with Crippen LogP contribution in [0.3, 0.4) is 0 Å². The summed E-state index contributed by atoms with van der Waals surface area (Å²) in [5.41, 5.74) is 4.75. The molecule has 0 atom stereocenters. The van der Waals surface area contributed by atoms with E-state index in [-0.39, 0.29) is 11.3 Å². The lowest BCUT2D eigenvalue weighted by Crippen LogP contribution is -2.52. The van der Waals surface area contributed by atoms with Gasteiger partial charge >= 0.3 is 0 Å². The molecule has 0 aromatic carbocycles. The monoisotopic (exact) mass is 226 g/mol. The third-order valence-corrected chi connectivity index (χ3v) is 4.30. The van der Waals surface area contributed by atoms with Gasteiger partial charge in [-0.3, -0.25) is 4.79 Å². The Bertz CT molecular complexity index is 268. The summed E-state index contributed by atoms with van der Waals surface area (Å²) < 4.78 is 0. The summed E-state index contributed by atoms with van der Waals surface area (Å²) in [4.78, 5) is 12.1. The van der Waals surface area contributed by atoms with Gasteiger partial charge in [0.15, 0.2) is 0 Å². The molecule has 0 saturated heterocycles. The highest BCUT2D eigenvalue weighted by atomic mass is 16.3. The minimum Gasteiger partial charge on any atom is -0.388 e. The molecule has 0 spiro atoms. The van der Waals surface area contributed by atoms with E-state index in [4.69, 9.17) is 5.73 Å². The average Bonchev–Trinajstić information content (AvgIpc) is 2.73. The second kappa shape index (κ2) is 4.34. The van der Waals surface area contributed by atoms with Crippen LogP contribution in [0.25, 0.3) is 0 Å². The third kappa shape index (κ3) is 2.09. The standard InChI is InChI=1S/C12H22N2O2/c13-8-11(4-1-2-5-11)10(15)14-9-12(16)6-3-7-12/h16H,1-9,13H2,(H,14,15). The Hall–Kier alpha value is -0.610. The largest absolute Gasteiger partial charge is 0.388 e. The van der Waals surface area contributed by atoms with Gasteiger partial charge in [0.25, 0.3) is 0 Å². The number of rotatable bonds is 4. The first-order chi connectivity index (χ1) is 7.60. The molecule has 0 aromatic heterocycles. The van der Waals surface area contributed by atoms with Crippen molar-refractivity contribution in [2.24, 2.45) is 11.1 Å². The van der Waals surface area contributed by atoms with Crippen LogP contribution in [0.1, 0.15) is 44.9 Å². The summed E-state index contributed by atoms with van der Waals surface area (Å²) in [6.45, 7) is 0.824. The van der Waals surface area contributed by atoms with Crippen LogP contribution in [0, 0.1) is 5.41 Å². The first kappa shape index (κ1) is 11.9. The Morgan fingerprint density at radius 2 is 1.81 bits per heavy atom. The van der Waals surface area contributed by atoms with Crippen molar-refractivity contribution in [2.45, 2.75) is 50.5 Å². The normalized spacial score (nSPS) is 26.1. The highest BCUT2D eigenvalue weighted by molar-refractivity contribution is 5.83. The molecule has 2 saturated carbocycles. The number of nitrogens with two attached hydrogens (primary N) is 1. The molecule has 0 radical (unpaired) electrons. The van der Waals surface area contributed by atoms with E-state index in [1.165, 1.54) is 0 Å².